The quantitative estimate of drug-likeness (QED) is 0.871. The van der Waals surface area contributed by atoms with Crippen molar-refractivity contribution in [2.24, 2.45) is 0 Å². The van der Waals surface area contributed by atoms with Crippen LogP contribution in [-0.4, -0.2) is 61.4 Å². The number of hydrogen-bond acceptors (Lipinski definition) is 4. The first-order valence-corrected chi connectivity index (χ1v) is 9.66. The van der Waals surface area contributed by atoms with Crippen LogP contribution in [0.3, 0.4) is 0 Å². The highest BCUT2D eigenvalue weighted by Crippen LogP contribution is 2.39. The number of aromatic nitrogens is 2. The van der Waals surface area contributed by atoms with E-state index in [0.717, 1.165) is 35.8 Å². The van der Waals surface area contributed by atoms with Crippen molar-refractivity contribution in [3.63, 3.8) is 0 Å². The second-order valence-corrected chi connectivity index (χ2v) is 7.70. The second-order valence-electron chi connectivity index (χ2n) is 7.70. The maximum absolute atomic E-state index is 12.7. The number of nitrogens with zero attached hydrogens (tertiary/aromatic N) is 4. The van der Waals surface area contributed by atoms with Gasteiger partial charge in [-0.25, -0.2) is 4.79 Å². The molecule has 144 valence electrons. The molecule has 2 heterocycles. The number of urea groups is 1. The zero-order chi connectivity index (χ0) is 19.0. The van der Waals surface area contributed by atoms with Crippen LogP contribution < -0.4 is 15.1 Å². The van der Waals surface area contributed by atoms with Gasteiger partial charge >= 0.3 is 6.03 Å². The summed E-state index contributed by atoms with van der Waals surface area (Å²) in [6.45, 7) is 5.05. The molecule has 2 amide bonds. The van der Waals surface area contributed by atoms with Gasteiger partial charge in [-0.15, -0.1) is 0 Å². The minimum atomic E-state index is -0.0330. The van der Waals surface area contributed by atoms with Gasteiger partial charge in [-0.05, 0) is 37.5 Å². The standard InChI is InChI=1S/C20H28N6O/c1-14-16(5-4-6-18(14)24(2)3)21-20(27)26-11-9-25(10-12-26)19-13-17(22-23-19)15-7-8-15/h4-6,13,15H,7-12H2,1-3H3,(H,21,27)(H,22,23). The molecule has 1 aliphatic heterocycles. The molecule has 1 saturated heterocycles. The third-order valence-electron chi connectivity index (χ3n) is 5.52. The Balaban J connectivity index is 1.35. The minimum Gasteiger partial charge on any atom is -0.377 e. The Morgan fingerprint density at radius 3 is 2.63 bits per heavy atom. The molecule has 1 saturated carbocycles. The van der Waals surface area contributed by atoms with Crippen LogP contribution in [-0.2, 0) is 0 Å². The topological polar surface area (TPSA) is 67.5 Å². The van der Waals surface area contributed by atoms with Crippen LogP contribution in [0.15, 0.2) is 24.3 Å². The number of rotatable bonds is 4. The van der Waals surface area contributed by atoms with Crippen molar-refractivity contribution in [3.8, 4) is 0 Å². The maximum atomic E-state index is 12.7. The predicted octanol–water partition coefficient (Wildman–Crippen LogP) is 3.02. The fourth-order valence-corrected chi connectivity index (χ4v) is 3.67. The first-order chi connectivity index (χ1) is 13.0. The van der Waals surface area contributed by atoms with Crippen molar-refractivity contribution in [2.75, 3.05) is 55.4 Å². The average molecular weight is 368 g/mol. The Bertz CT molecular complexity index is 818. The highest BCUT2D eigenvalue weighted by atomic mass is 16.2. The summed E-state index contributed by atoms with van der Waals surface area (Å²) in [6, 6.07) is 8.13. The van der Waals surface area contributed by atoms with Crippen LogP contribution in [0.4, 0.5) is 22.0 Å². The summed E-state index contributed by atoms with van der Waals surface area (Å²) in [4.78, 5) is 18.9. The fourth-order valence-electron chi connectivity index (χ4n) is 3.67. The van der Waals surface area contributed by atoms with E-state index in [1.807, 2.05) is 38.1 Å². The van der Waals surface area contributed by atoms with E-state index in [4.69, 9.17) is 0 Å². The lowest BCUT2D eigenvalue weighted by Crippen LogP contribution is -2.50. The first-order valence-electron chi connectivity index (χ1n) is 9.66. The van der Waals surface area contributed by atoms with Gasteiger partial charge in [0.05, 0.1) is 0 Å². The van der Waals surface area contributed by atoms with Crippen LogP contribution >= 0.6 is 0 Å². The molecule has 1 aliphatic carbocycles. The first kappa shape index (κ1) is 17.7. The van der Waals surface area contributed by atoms with Gasteiger partial charge in [-0.3, -0.25) is 5.10 Å². The van der Waals surface area contributed by atoms with Gasteiger partial charge in [0.1, 0.15) is 0 Å². The van der Waals surface area contributed by atoms with Crippen molar-refractivity contribution in [1.82, 2.24) is 15.1 Å². The van der Waals surface area contributed by atoms with Gasteiger partial charge in [0.15, 0.2) is 5.82 Å². The van der Waals surface area contributed by atoms with E-state index in [0.29, 0.717) is 19.0 Å². The lowest BCUT2D eigenvalue weighted by atomic mass is 10.1. The molecule has 0 atom stereocenters. The summed E-state index contributed by atoms with van der Waals surface area (Å²) in [7, 11) is 4.02. The minimum absolute atomic E-state index is 0.0330. The van der Waals surface area contributed by atoms with Crippen molar-refractivity contribution < 1.29 is 4.79 Å². The molecule has 2 fully saturated rings. The molecule has 7 nitrogen and oxygen atoms in total. The van der Waals surface area contributed by atoms with Gasteiger partial charge in [0.2, 0.25) is 0 Å². The monoisotopic (exact) mass is 368 g/mol. The molecule has 0 radical (unpaired) electrons. The SMILES string of the molecule is Cc1c(NC(=O)N2CCN(c3cc(C4CC4)[nH]n3)CC2)cccc1N(C)C. The molecule has 4 rings (SSSR count). The lowest BCUT2D eigenvalue weighted by Gasteiger charge is -2.34. The number of hydrogen-bond donors (Lipinski definition) is 2. The number of amides is 2. The number of piperazine rings is 1. The van der Waals surface area contributed by atoms with E-state index >= 15 is 0 Å². The fraction of sp³-hybridized carbons (Fsp3) is 0.500. The van der Waals surface area contributed by atoms with Crippen LogP contribution in [0.1, 0.15) is 30.0 Å². The van der Waals surface area contributed by atoms with E-state index in [2.05, 4.69) is 37.4 Å². The van der Waals surface area contributed by atoms with Crippen LogP contribution in [0.2, 0.25) is 0 Å². The van der Waals surface area contributed by atoms with Gasteiger partial charge in [0.25, 0.3) is 0 Å². The zero-order valence-electron chi connectivity index (χ0n) is 16.3. The summed E-state index contributed by atoms with van der Waals surface area (Å²) >= 11 is 0. The Hall–Kier alpha value is -2.70. The Kier molecular flexibility index (Phi) is 4.68. The normalized spacial score (nSPS) is 17.1. The van der Waals surface area contributed by atoms with E-state index in [1.165, 1.54) is 18.5 Å². The summed E-state index contributed by atoms with van der Waals surface area (Å²) in [5.74, 6) is 1.69. The average Bonchev–Trinajstić information content (AvgIpc) is 3.40. The predicted molar refractivity (Wildman–Crippen MR) is 109 cm³/mol. The third kappa shape index (κ3) is 3.72. The Morgan fingerprint density at radius 2 is 1.96 bits per heavy atom. The van der Waals surface area contributed by atoms with E-state index < -0.39 is 0 Å². The Labute approximate surface area is 160 Å². The molecule has 0 bridgehead atoms. The highest BCUT2D eigenvalue weighted by Gasteiger charge is 2.28. The van der Waals surface area contributed by atoms with Crippen molar-refractivity contribution >= 4 is 23.2 Å². The largest absolute Gasteiger partial charge is 0.377 e. The maximum Gasteiger partial charge on any atom is 0.321 e. The molecule has 0 unspecified atom stereocenters. The summed E-state index contributed by atoms with van der Waals surface area (Å²) in [6.07, 6.45) is 2.54. The molecular weight excluding hydrogens is 340 g/mol. The number of H-pyrrole nitrogens is 1. The zero-order valence-corrected chi connectivity index (χ0v) is 16.3. The highest BCUT2D eigenvalue weighted by molar-refractivity contribution is 5.91. The third-order valence-corrected chi connectivity index (χ3v) is 5.52. The van der Waals surface area contributed by atoms with Gasteiger partial charge in [-0.2, -0.15) is 5.10 Å². The van der Waals surface area contributed by atoms with Crippen molar-refractivity contribution in [1.29, 1.82) is 0 Å². The van der Waals surface area contributed by atoms with Crippen molar-refractivity contribution in [2.45, 2.75) is 25.7 Å². The number of anilines is 3. The molecule has 27 heavy (non-hydrogen) atoms. The lowest BCUT2D eigenvalue weighted by molar-refractivity contribution is 0.208. The second kappa shape index (κ2) is 7.13. The number of carbonyl (C=O) groups is 1. The van der Waals surface area contributed by atoms with E-state index in [1.54, 1.807) is 0 Å². The molecule has 0 spiro atoms. The molecule has 1 aromatic heterocycles. The van der Waals surface area contributed by atoms with Crippen molar-refractivity contribution in [3.05, 3.63) is 35.5 Å². The molecule has 2 aliphatic rings. The summed E-state index contributed by atoms with van der Waals surface area (Å²) < 4.78 is 0. The molecular formula is C20H28N6O. The Morgan fingerprint density at radius 1 is 1.22 bits per heavy atom. The van der Waals surface area contributed by atoms with Gasteiger partial charge < -0.3 is 20.0 Å². The van der Waals surface area contributed by atoms with E-state index in [9.17, 15) is 4.79 Å². The number of benzene rings is 1. The number of nitrogens with one attached hydrogen (secondary N) is 2. The summed E-state index contributed by atoms with van der Waals surface area (Å²) in [5.41, 5.74) is 4.32. The molecule has 7 heteroatoms. The van der Waals surface area contributed by atoms with Gasteiger partial charge in [0, 0.05) is 69.3 Å². The molecule has 1 aromatic carbocycles. The molecule has 2 aromatic rings. The van der Waals surface area contributed by atoms with Gasteiger partial charge in [-0.1, -0.05) is 6.07 Å². The number of aromatic amines is 1. The van der Waals surface area contributed by atoms with Crippen LogP contribution in [0, 0.1) is 6.92 Å². The van der Waals surface area contributed by atoms with Crippen LogP contribution in [0.5, 0.6) is 0 Å². The van der Waals surface area contributed by atoms with E-state index in [-0.39, 0.29) is 6.03 Å². The smallest absolute Gasteiger partial charge is 0.321 e. The summed E-state index contributed by atoms with van der Waals surface area (Å²) in [5, 5.41) is 10.7. The number of carbonyl (C=O) groups excluding carboxylic acids is 1. The van der Waals surface area contributed by atoms with Crippen LogP contribution in [0.25, 0.3) is 0 Å². The molecule has 2 N–H and O–H groups in total.